The van der Waals surface area contributed by atoms with Crippen molar-refractivity contribution in [3.8, 4) is 0 Å². The molecule has 1 aromatic carbocycles. The number of rotatable bonds is 5. The van der Waals surface area contributed by atoms with Crippen LogP contribution in [0, 0.1) is 5.82 Å². The fourth-order valence-electron chi connectivity index (χ4n) is 1.11. The molecule has 0 saturated heterocycles. The Hall–Kier alpha value is -1.05. The highest BCUT2D eigenvalue weighted by Gasteiger charge is 2.22. The van der Waals surface area contributed by atoms with Crippen molar-refractivity contribution in [1.82, 2.24) is 4.72 Å². The van der Waals surface area contributed by atoms with Crippen LogP contribution in [0.25, 0.3) is 0 Å². The zero-order chi connectivity index (χ0) is 13.1. The van der Waals surface area contributed by atoms with E-state index in [1.807, 2.05) is 0 Å². The lowest BCUT2D eigenvalue weighted by molar-refractivity contribution is 0.577. The van der Waals surface area contributed by atoms with Gasteiger partial charge in [0.15, 0.2) is 0 Å². The molecule has 7 heteroatoms. The Bertz CT molecular complexity index is 517. The number of sulfonamides is 1. The minimum atomic E-state index is -3.61. The number of hydrogen-bond donors (Lipinski definition) is 2. The average Bonchev–Trinajstić information content (AvgIpc) is 2.25. The first-order valence-electron chi connectivity index (χ1n) is 4.85. The molecule has 0 radical (unpaired) electrons. The number of nitrogens with two attached hydrogens (primary N) is 1. The molecule has 0 bridgehead atoms. The normalized spacial score (nSPS) is 13.3. The highest BCUT2D eigenvalue weighted by molar-refractivity contribution is 7.93. The quantitative estimate of drug-likeness (QED) is 0.784. The van der Waals surface area contributed by atoms with Gasteiger partial charge in [0.05, 0.1) is 4.99 Å². The van der Waals surface area contributed by atoms with E-state index in [4.69, 9.17) is 5.73 Å². The summed E-state index contributed by atoms with van der Waals surface area (Å²) in [5.74, 6) is -0.413. The molecule has 0 aliphatic carbocycles. The molecule has 0 aromatic heterocycles. The predicted molar refractivity (Wildman–Crippen MR) is 68.4 cm³/mol. The maximum atomic E-state index is 12.9. The van der Waals surface area contributed by atoms with Crippen molar-refractivity contribution >= 4 is 27.2 Å². The van der Waals surface area contributed by atoms with Gasteiger partial charge in [-0.1, -0.05) is 24.4 Å². The maximum Gasteiger partial charge on any atom is 0.221 e. The Morgan fingerprint density at radius 2 is 2.24 bits per heavy atom. The smallest absolute Gasteiger partial charge is 0.221 e. The van der Waals surface area contributed by atoms with Crippen LogP contribution in [-0.2, 0) is 16.6 Å². The zero-order valence-corrected chi connectivity index (χ0v) is 10.8. The van der Waals surface area contributed by atoms with Crippen LogP contribution in [-0.4, -0.2) is 18.7 Å². The minimum Gasteiger partial charge on any atom is -0.392 e. The minimum absolute atomic E-state index is 0.00699. The summed E-state index contributed by atoms with van der Waals surface area (Å²) in [4.78, 5) is -0.100. The monoisotopic (exact) mass is 276 g/mol. The second-order valence-corrected chi connectivity index (χ2v) is 6.10. The Balaban J connectivity index is 2.71. The first kappa shape index (κ1) is 14.0. The lowest BCUT2D eigenvalue weighted by Crippen LogP contribution is -2.39. The van der Waals surface area contributed by atoms with Crippen LogP contribution in [0.4, 0.5) is 4.39 Å². The molecule has 1 aromatic rings. The molecule has 0 fully saturated rings. The molecule has 1 atom stereocenters. The second-order valence-electron chi connectivity index (χ2n) is 3.54. The van der Waals surface area contributed by atoms with Gasteiger partial charge in [-0.3, -0.25) is 0 Å². The summed E-state index contributed by atoms with van der Waals surface area (Å²) in [6.45, 7) is 1.41. The molecule has 1 unspecified atom stereocenters. The van der Waals surface area contributed by atoms with E-state index in [-0.39, 0.29) is 11.5 Å². The molecule has 4 nitrogen and oxygen atoms in total. The molecule has 0 heterocycles. The van der Waals surface area contributed by atoms with E-state index in [0.717, 1.165) is 0 Å². The van der Waals surface area contributed by atoms with Crippen LogP contribution in [0.2, 0.25) is 0 Å². The number of thiocarbonyl (C=S) groups is 1. The van der Waals surface area contributed by atoms with Crippen LogP contribution in [0.5, 0.6) is 0 Å². The first-order valence-corrected chi connectivity index (χ1v) is 6.80. The standard InChI is InChI=1S/C10H13FN2O2S2/c1-7(10(12)16)17(14,15)13-6-8-3-2-4-9(11)5-8/h2-5,7,13H,6H2,1H3,(H2,12,16). The van der Waals surface area contributed by atoms with Gasteiger partial charge >= 0.3 is 0 Å². The van der Waals surface area contributed by atoms with E-state index < -0.39 is 21.1 Å². The van der Waals surface area contributed by atoms with Gasteiger partial charge in [0.2, 0.25) is 10.0 Å². The van der Waals surface area contributed by atoms with Gasteiger partial charge in [-0.15, -0.1) is 0 Å². The van der Waals surface area contributed by atoms with Gasteiger partial charge in [-0.2, -0.15) is 0 Å². The second kappa shape index (κ2) is 5.52. The molecule has 0 spiro atoms. The zero-order valence-electron chi connectivity index (χ0n) is 9.18. The molecule has 1 rings (SSSR count). The summed E-state index contributed by atoms with van der Waals surface area (Å²) in [6, 6.07) is 5.68. The van der Waals surface area contributed by atoms with E-state index in [1.165, 1.54) is 25.1 Å². The third-order valence-electron chi connectivity index (χ3n) is 2.23. The van der Waals surface area contributed by atoms with E-state index in [9.17, 15) is 12.8 Å². The number of benzene rings is 1. The fourth-order valence-corrected chi connectivity index (χ4v) is 2.41. The van der Waals surface area contributed by atoms with Crippen molar-refractivity contribution in [2.75, 3.05) is 0 Å². The topological polar surface area (TPSA) is 72.2 Å². The van der Waals surface area contributed by atoms with Crippen molar-refractivity contribution in [3.05, 3.63) is 35.6 Å². The van der Waals surface area contributed by atoms with E-state index in [2.05, 4.69) is 16.9 Å². The summed E-state index contributed by atoms with van der Waals surface area (Å²) in [6.07, 6.45) is 0. The van der Waals surface area contributed by atoms with Crippen molar-refractivity contribution in [2.45, 2.75) is 18.7 Å². The van der Waals surface area contributed by atoms with Gasteiger partial charge < -0.3 is 5.73 Å². The highest BCUT2D eigenvalue weighted by atomic mass is 32.2. The van der Waals surface area contributed by atoms with Gasteiger partial charge in [-0.25, -0.2) is 17.5 Å². The van der Waals surface area contributed by atoms with E-state index in [1.54, 1.807) is 6.07 Å². The molecule has 17 heavy (non-hydrogen) atoms. The number of hydrogen-bond acceptors (Lipinski definition) is 3. The molecule has 0 saturated carbocycles. The Kier molecular flexibility index (Phi) is 4.55. The molecule has 3 N–H and O–H groups in total. The lowest BCUT2D eigenvalue weighted by Gasteiger charge is -2.12. The Morgan fingerprint density at radius 1 is 1.59 bits per heavy atom. The van der Waals surface area contributed by atoms with Crippen molar-refractivity contribution < 1.29 is 12.8 Å². The van der Waals surface area contributed by atoms with Crippen LogP contribution in [0.3, 0.4) is 0 Å². The van der Waals surface area contributed by atoms with Gasteiger partial charge in [-0.05, 0) is 24.6 Å². The first-order chi connectivity index (χ1) is 7.83. The summed E-state index contributed by atoms with van der Waals surface area (Å²) >= 11 is 4.62. The largest absolute Gasteiger partial charge is 0.392 e. The maximum absolute atomic E-state index is 12.9. The van der Waals surface area contributed by atoms with Crippen LogP contribution in [0.15, 0.2) is 24.3 Å². The summed E-state index contributed by atoms with van der Waals surface area (Å²) < 4.78 is 38.5. The highest BCUT2D eigenvalue weighted by Crippen LogP contribution is 2.05. The predicted octanol–water partition coefficient (Wildman–Crippen LogP) is 0.920. The van der Waals surface area contributed by atoms with Crippen LogP contribution < -0.4 is 10.5 Å². The number of nitrogens with one attached hydrogen (secondary N) is 1. The third-order valence-corrected chi connectivity index (χ3v) is 4.47. The molecule has 0 amide bonds. The van der Waals surface area contributed by atoms with E-state index in [0.29, 0.717) is 5.56 Å². The molecule has 0 aliphatic rings. The summed E-state index contributed by atoms with van der Waals surface area (Å²) in [7, 11) is -3.61. The van der Waals surface area contributed by atoms with Crippen LogP contribution in [0.1, 0.15) is 12.5 Å². The Labute approximate surface area is 105 Å². The third kappa shape index (κ3) is 4.03. The molecular formula is C10H13FN2O2S2. The lowest BCUT2D eigenvalue weighted by atomic mass is 10.2. The van der Waals surface area contributed by atoms with E-state index >= 15 is 0 Å². The SMILES string of the molecule is CC(C(N)=S)S(=O)(=O)NCc1cccc(F)c1. The molecule has 0 aliphatic heterocycles. The fraction of sp³-hybridized carbons (Fsp3) is 0.300. The van der Waals surface area contributed by atoms with Crippen molar-refractivity contribution in [1.29, 1.82) is 0 Å². The molecule has 94 valence electrons. The number of halogens is 1. The van der Waals surface area contributed by atoms with Gasteiger partial charge in [0.1, 0.15) is 11.1 Å². The van der Waals surface area contributed by atoms with Gasteiger partial charge in [0, 0.05) is 6.54 Å². The average molecular weight is 276 g/mol. The van der Waals surface area contributed by atoms with Gasteiger partial charge in [0.25, 0.3) is 0 Å². The van der Waals surface area contributed by atoms with Crippen molar-refractivity contribution in [2.24, 2.45) is 5.73 Å². The molecular weight excluding hydrogens is 263 g/mol. The van der Waals surface area contributed by atoms with Crippen LogP contribution >= 0.6 is 12.2 Å². The summed E-state index contributed by atoms with van der Waals surface area (Å²) in [5.41, 5.74) is 5.80. The van der Waals surface area contributed by atoms with Crippen molar-refractivity contribution in [3.63, 3.8) is 0 Å². The Morgan fingerprint density at radius 3 is 2.76 bits per heavy atom. The summed E-state index contributed by atoms with van der Waals surface area (Å²) in [5, 5.41) is -0.953.